The second-order valence-electron chi connectivity index (χ2n) is 6.13. The second kappa shape index (κ2) is 6.86. The lowest BCUT2D eigenvalue weighted by Crippen LogP contribution is -2.48. The number of nitrogens with one attached hydrogen (secondary N) is 1. The number of amides is 1. The molecule has 2 aromatic carbocycles. The minimum Gasteiger partial charge on any atom is -0.496 e. The van der Waals surface area contributed by atoms with Crippen LogP contribution in [-0.2, 0) is 0 Å². The summed E-state index contributed by atoms with van der Waals surface area (Å²) in [6.45, 7) is 2.22. The quantitative estimate of drug-likeness (QED) is 0.781. The molecule has 3 aromatic rings. The Kier molecular flexibility index (Phi) is 4.42. The van der Waals surface area contributed by atoms with Crippen molar-refractivity contribution >= 4 is 27.3 Å². The zero-order valence-corrected chi connectivity index (χ0v) is 14.9. The third-order valence-electron chi connectivity index (χ3n) is 4.70. The van der Waals surface area contributed by atoms with Crippen molar-refractivity contribution in [2.24, 2.45) is 0 Å². The van der Waals surface area contributed by atoms with Gasteiger partial charge in [-0.05, 0) is 41.1 Å². The normalized spacial score (nSPS) is 17.6. The van der Waals surface area contributed by atoms with E-state index in [0.29, 0.717) is 6.54 Å². The molecule has 1 saturated heterocycles. The summed E-state index contributed by atoms with van der Waals surface area (Å²) < 4.78 is 6.72. The van der Waals surface area contributed by atoms with Gasteiger partial charge in [0.2, 0.25) is 0 Å². The van der Waals surface area contributed by atoms with Gasteiger partial charge in [-0.25, -0.2) is 0 Å². The number of carbonyl (C=O) groups is 1. The SMILES string of the molecule is COc1ccccc1C1CNCCN1C(=O)c1ccc2sccc2c1. The molecule has 4 rings (SSSR count). The summed E-state index contributed by atoms with van der Waals surface area (Å²) in [6.07, 6.45) is 0. The number of methoxy groups -OCH3 is 1. The van der Waals surface area contributed by atoms with Gasteiger partial charge in [0.15, 0.2) is 0 Å². The third kappa shape index (κ3) is 3.01. The second-order valence-corrected chi connectivity index (χ2v) is 7.08. The summed E-state index contributed by atoms with van der Waals surface area (Å²) in [4.78, 5) is 15.2. The van der Waals surface area contributed by atoms with Gasteiger partial charge in [0.1, 0.15) is 5.75 Å². The van der Waals surface area contributed by atoms with E-state index in [9.17, 15) is 4.79 Å². The molecule has 0 radical (unpaired) electrons. The molecule has 5 heteroatoms. The zero-order valence-electron chi connectivity index (χ0n) is 14.1. The summed E-state index contributed by atoms with van der Waals surface area (Å²) >= 11 is 1.69. The topological polar surface area (TPSA) is 41.6 Å². The molecule has 0 aliphatic carbocycles. The van der Waals surface area contributed by atoms with E-state index in [1.54, 1.807) is 18.4 Å². The highest BCUT2D eigenvalue weighted by atomic mass is 32.1. The Morgan fingerprint density at radius 2 is 2.12 bits per heavy atom. The lowest BCUT2D eigenvalue weighted by Gasteiger charge is -2.37. The number of thiophene rings is 1. The fourth-order valence-electron chi connectivity index (χ4n) is 3.43. The van der Waals surface area contributed by atoms with Gasteiger partial charge >= 0.3 is 0 Å². The standard InChI is InChI=1S/C20H20N2O2S/c1-24-18-5-3-2-4-16(18)17-13-21-9-10-22(17)20(23)15-6-7-19-14(12-15)8-11-25-19/h2-8,11-12,17,21H,9-10,13H2,1H3. The van der Waals surface area contributed by atoms with Crippen molar-refractivity contribution in [3.05, 3.63) is 65.0 Å². The molecule has 1 unspecified atom stereocenters. The molecule has 2 heterocycles. The first-order chi connectivity index (χ1) is 12.3. The van der Waals surface area contributed by atoms with Crippen molar-refractivity contribution in [2.45, 2.75) is 6.04 Å². The van der Waals surface area contributed by atoms with Crippen LogP contribution in [0.3, 0.4) is 0 Å². The average molecular weight is 352 g/mol. The number of carbonyl (C=O) groups excluding carboxylic acids is 1. The molecule has 0 saturated carbocycles. The van der Waals surface area contributed by atoms with Crippen LogP contribution in [0.15, 0.2) is 53.9 Å². The summed E-state index contributed by atoms with van der Waals surface area (Å²) in [7, 11) is 1.67. The predicted octanol–water partition coefficient (Wildman–Crippen LogP) is 3.70. The molecule has 0 bridgehead atoms. The van der Waals surface area contributed by atoms with Crippen LogP contribution < -0.4 is 10.1 Å². The van der Waals surface area contributed by atoms with Crippen LogP contribution in [0.1, 0.15) is 22.0 Å². The largest absolute Gasteiger partial charge is 0.496 e. The summed E-state index contributed by atoms with van der Waals surface area (Å²) in [5.74, 6) is 0.896. The van der Waals surface area contributed by atoms with Crippen molar-refractivity contribution in [3.63, 3.8) is 0 Å². The maximum absolute atomic E-state index is 13.2. The molecular formula is C20H20N2O2S. The van der Waals surface area contributed by atoms with Crippen LogP contribution >= 0.6 is 11.3 Å². The summed E-state index contributed by atoms with van der Waals surface area (Å²) in [6, 6.07) is 15.9. The van der Waals surface area contributed by atoms with Crippen LogP contribution in [0.25, 0.3) is 10.1 Å². The number of piperazine rings is 1. The molecule has 1 amide bonds. The minimum atomic E-state index is -0.0319. The Labute approximate surface area is 151 Å². The van der Waals surface area contributed by atoms with Gasteiger partial charge in [0, 0.05) is 35.5 Å². The third-order valence-corrected chi connectivity index (χ3v) is 5.60. The number of benzene rings is 2. The summed E-state index contributed by atoms with van der Waals surface area (Å²) in [5, 5.41) is 6.58. The number of hydrogen-bond acceptors (Lipinski definition) is 4. The number of hydrogen-bond donors (Lipinski definition) is 1. The number of nitrogens with zero attached hydrogens (tertiary/aromatic N) is 1. The molecule has 4 nitrogen and oxygen atoms in total. The predicted molar refractivity (Wildman–Crippen MR) is 101 cm³/mol. The zero-order chi connectivity index (χ0) is 17.2. The molecule has 25 heavy (non-hydrogen) atoms. The first-order valence-corrected chi connectivity index (χ1v) is 9.28. The number of ether oxygens (including phenoxy) is 1. The van der Waals surface area contributed by atoms with E-state index in [1.165, 1.54) is 4.70 Å². The van der Waals surface area contributed by atoms with Crippen LogP contribution in [0.4, 0.5) is 0 Å². The van der Waals surface area contributed by atoms with E-state index >= 15 is 0 Å². The highest BCUT2D eigenvalue weighted by Crippen LogP contribution is 2.31. The van der Waals surface area contributed by atoms with Gasteiger partial charge in [0.05, 0.1) is 13.2 Å². The minimum absolute atomic E-state index is 0.0319. The molecule has 1 atom stereocenters. The Hall–Kier alpha value is -2.37. The maximum Gasteiger partial charge on any atom is 0.254 e. The Balaban J connectivity index is 1.69. The first kappa shape index (κ1) is 16.1. The first-order valence-electron chi connectivity index (χ1n) is 8.40. The van der Waals surface area contributed by atoms with Gasteiger partial charge in [-0.2, -0.15) is 0 Å². The summed E-state index contributed by atoms with van der Waals surface area (Å²) in [5.41, 5.74) is 1.79. The molecule has 1 N–H and O–H groups in total. The van der Waals surface area contributed by atoms with Crippen LogP contribution in [-0.4, -0.2) is 37.6 Å². The molecule has 128 valence electrons. The van der Waals surface area contributed by atoms with E-state index in [-0.39, 0.29) is 11.9 Å². The molecule has 1 fully saturated rings. The highest BCUT2D eigenvalue weighted by Gasteiger charge is 2.30. The molecule has 1 aliphatic heterocycles. The van der Waals surface area contributed by atoms with E-state index < -0.39 is 0 Å². The van der Waals surface area contributed by atoms with Gasteiger partial charge < -0.3 is 15.0 Å². The highest BCUT2D eigenvalue weighted by molar-refractivity contribution is 7.17. The maximum atomic E-state index is 13.2. The number of fused-ring (bicyclic) bond motifs is 1. The van der Waals surface area contributed by atoms with Gasteiger partial charge in [0.25, 0.3) is 5.91 Å². The smallest absolute Gasteiger partial charge is 0.254 e. The van der Waals surface area contributed by atoms with Crippen LogP contribution in [0.5, 0.6) is 5.75 Å². The lowest BCUT2D eigenvalue weighted by atomic mass is 10.0. The van der Waals surface area contributed by atoms with E-state index in [4.69, 9.17) is 4.74 Å². The van der Waals surface area contributed by atoms with Gasteiger partial charge in [-0.3, -0.25) is 4.79 Å². The molecule has 1 aromatic heterocycles. The molecule has 1 aliphatic rings. The van der Waals surface area contributed by atoms with Crippen molar-refractivity contribution < 1.29 is 9.53 Å². The van der Waals surface area contributed by atoms with Crippen molar-refractivity contribution in [3.8, 4) is 5.75 Å². The van der Waals surface area contributed by atoms with Gasteiger partial charge in [-0.1, -0.05) is 18.2 Å². The molecular weight excluding hydrogens is 332 g/mol. The Morgan fingerprint density at radius 1 is 1.24 bits per heavy atom. The van der Waals surface area contributed by atoms with E-state index in [1.807, 2.05) is 47.4 Å². The lowest BCUT2D eigenvalue weighted by molar-refractivity contribution is 0.0632. The van der Waals surface area contributed by atoms with Crippen LogP contribution in [0, 0.1) is 0 Å². The van der Waals surface area contributed by atoms with Crippen LogP contribution in [0.2, 0.25) is 0 Å². The van der Waals surface area contributed by atoms with E-state index in [2.05, 4.69) is 16.8 Å². The monoisotopic (exact) mass is 352 g/mol. The van der Waals surface area contributed by atoms with Crippen molar-refractivity contribution in [1.82, 2.24) is 10.2 Å². The fourth-order valence-corrected chi connectivity index (χ4v) is 4.20. The number of rotatable bonds is 3. The Morgan fingerprint density at radius 3 is 3.00 bits per heavy atom. The Bertz CT molecular complexity index is 905. The fraction of sp³-hybridized carbons (Fsp3) is 0.250. The number of para-hydroxylation sites is 1. The van der Waals surface area contributed by atoms with E-state index in [0.717, 1.165) is 35.4 Å². The average Bonchev–Trinajstić information content (AvgIpc) is 3.15. The van der Waals surface area contributed by atoms with Crippen molar-refractivity contribution in [1.29, 1.82) is 0 Å². The van der Waals surface area contributed by atoms with Gasteiger partial charge in [-0.15, -0.1) is 11.3 Å². The molecule has 0 spiro atoms. The van der Waals surface area contributed by atoms with Crippen molar-refractivity contribution in [2.75, 3.05) is 26.7 Å².